The number of benzene rings is 1. The van der Waals surface area contributed by atoms with Crippen LogP contribution in [0.15, 0.2) is 59.4 Å². The largest absolute Gasteiger partial charge is 0.430 e. The van der Waals surface area contributed by atoms with Crippen LogP contribution in [0.4, 0.5) is 0 Å². The predicted molar refractivity (Wildman–Crippen MR) is 123 cm³/mol. The molecule has 1 aromatic carbocycles. The van der Waals surface area contributed by atoms with Gasteiger partial charge in [0, 0.05) is 11.5 Å². The standard InChI is InChI=1S/C28H32O4/c1-15-13-18(17-9-7-6-8-10-17)14-16(2)21(15)24-25(29)22-19-11-12-20(31-19)23(22)26(24)32-27(30)28(3,4)5/h6-10,13-15,19-23H,11-12H2,1-5H3/t15?,19-,20+,21?,22-,23+/m0/s1. The number of hydrogen-bond donors (Lipinski definition) is 0. The van der Waals surface area contributed by atoms with Crippen LogP contribution in [0, 0.1) is 29.1 Å². The first-order chi connectivity index (χ1) is 15.2. The molecule has 0 aromatic heterocycles. The Morgan fingerprint density at radius 2 is 1.72 bits per heavy atom. The number of fused-ring (bicyclic) bond motifs is 5. The van der Waals surface area contributed by atoms with Gasteiger partial charge in [-0.15, -0.1) is 0 Å². The molecule has 6 atom stereocenters. The number of ketones is 1. The minimum atomic E-state index is -0.638. The molecule has 2 aliphatic heterocycles. The van der Waals surface area contributed by atoms with Crippen LogP contribution in [-0.4, -0.2) is 24.0 Å². The highest BCUT2D eigenvalue weighted by molar-refractivity contribution is 6.03. The van der Waals surface area contributed by atoms with Gasteiger partial charge >= 0.3 is 5.97 Å². The third-order valence-electron chi connectivity index (χ3n) is 7.48. The molecular weight excluding hydrogens is 400 g/mol. The highest BCUT2D eigenvalue weighted by Gasteiger charge is 2.61. The van der Waals surface area contributed by atoms with Crippen LogP contribution < -0.4 is 0 Å². The Morgan fingerprint density at radius 3 is 2.34 bits per heavy atom. The summed E-state index contributed by atoms with van der Waals surface area (Å²) in [4.78, 5) is 26.7. The van der Waals surface area contributed by atoms with Gasteiger partial charge in [0.25, 0.3) is 0 Å². The van der Waals surface area contributed by atoms with Crippen molar-refractivity contribution in [3.8, 4) is 0 Å². The molecule has 4 heteroatoms. The molecule has 2 fully saturated rings. The zero-order chi connectivity index (χ0) is 22.8. The summed E-state index contributed by atoms with van der Waals surface area (Å²) in [7, 11) is 0. The molecule has 0 radical (unpaired) electrons. The second kappa shape index (κ2) is 7.55. The lowest BCUT2D eigenvalue weighted by atomic mass is 9.74. The van der Waals surface area contributed by atoms with Gasteiger partial charge < -0.3 is 9.47 Å². The number of esters is 1. The quantitative estimate of drug-likeness (QED) is 0.592. The Labute approximate surface area is 190 Å². The lowest BCUT2D eigenvalue weighted by Gasteiger charge is -2.30. The van der Waals surface area contributed by atoms with Crippen LogP contribution in [0.5, 0.6) is 0 Å². The zero-order valence-electron chi connectivity index (χ0n) is 19.6. The first-order valence-electron chi connectivity index (χ1n) is 11.8. The van der Waals surface area contributed by atoms with Crippen molar-refractivity contribution in [2.75, 3.05) is 0 Å². The average molecular weight is 433 g/mol. The van der Waals surface area contributed by atoms with Crippen LogP contribution in [-0.2, 0) is 19.1 Å². The Hall–Kier alpha value is -2.46. The van der Waals surface area contributed by atoms with Gasteiger partial charge in [0.05, 0.1) is 29.5 Å². The summed E-state index contributed by atoms with van der Waals surface area (Å²) in [5.41, 5.74) is 3.56. The van der Waals surface area contributed by atoms with Crippen molar-refractivity contribution in [2.45, 2.75) is 59.7 Å². The molecule has 5 rings (SSSR count). The van der Waals surface area contributed by atoms with E-state index >= 15 is 0 Å². The molecule has 2 unspecified atom stereocenters. The van der Waals surface area contributed by atoms with Gasteiger partial charge in [-0.25, -0.2) is 0 Å². The van der Waals surface area contributed by atoms with Gasteiger partial charge in [-0.05, 0) is 57.6 Å². The van der Waals surface area contributed by atoms with E-state index in [0.29, 0.717) is 11.3 Å². The van der Waals surface area contributed by atoms with Crippen molar-refractivity contribution in [1.29, 1.82) is 0 Å². The minimum absolute atomic E-state index is 0.0205. The molecule has 4 aliphatic rings. The monoisotopic (exact) mass is 432 g/mol. The van der Waals surface area contributed by atoms with Crippen molar-refractivity contribution >= 4 is 17.3 Å². The fourth-order valence-corrected chi connectivity index (χ4v) is 5.98. The van der Waals surface area contributed by atoms with Crippen molar-refractivity contribution < 1.29 is 19.1 Å². The molecular formula is C28H32O4. The van der Waals surface area contributed by atoms with Crippen LogP contribution >= 0.6 is 0 Å². The molecule has 0 N–H and O–H groups in total. The number of hydrogen-bond acceptors (Lipinski definition) is 4. The van der Waals surface area contributed by atoms with E-state index in [9.17, 15) is 9.59 Å². The number of ether oxygens (including phenoxy) is 2. The van der Waals surface area contributed by atoms with E-state index < -0.39 is 5.41 Å². The van der Waals surface area contributed by atoms with E-state index in [-0.39, 0.29) is 47.6 Å². The summed E-state index contributed by atoms with van der Waals surface area (Å²) in [5, 5.41) is 0. The molecule has 2 heterocycles. The normalized spacial score (nSPS) is 33.8. The van der Waals surface area contributed by atoms with Crippen molar-refractivity contribution in [1.82, 2.24) is 0 Å². The fourth-order valence-electron chi connectivity index (χ4n) is 5.98. The summed E-state index contributed by atoms with van der Waals surface area (Å²) in [6, 6.07) is 10.3. The van der Waals surface area contributed by atoms with Crippen molar-refractivity contribution in [2.24, 2.45) is 29.1 Å². The Morgan fingerprint density at radius 1 is 1.06 bits per heavy atom. The Kier molecular flexibility index (Phi) is 5.05. The van der Waals surface area contributed by atoms with Gasteiger partial charge in [0.2, 0.25) is 0 Å². The number of Topliss-reactive ketones (excluding diaryl/α,β-unsaturated/α-hetero) is 1. The van der Waals surface area contributed by atoms with Gasteiger partial charge in [-0.3, -0.25) is 9.59 Å². The summed E-state index contributed by atoms with van der Waals surface area (Å²) in [6.45, 7) is 9.81. The number of allylic oxidation sites excluding steroid dienone is 5. The van der Waals surface area contributed by atoms with Gasteiger partial charge in [0.15, 0.2) is 5.78 Å². The van der Waals surface area contributed by atoms with Crippen LogP contribution in [0.3, 0.4) is 0 Å². The maximum absolute atomic E-state index is 13.8. The lowest BCUT2D eigenvalue weighted by Crippen LogP contribution is -2.31. The maximum Gasteiger partial charge on any atom is 0.316 e. The minimum Gasteiger partial charge on any atom is -0.430 e. The topological polar surface area (TPSA) is 52.6 Å². The fraction of sp³-hybridized carbons (Fsp3) is 0.500. The summed E-state index contributed by atoms with van der Waals surface area (Å²) in [5.74, 6) is 0.144. The summed E-state index contributed by atoms with van der Waals surface area (Å²) < 4.78 is 12.2. The van der Waals surface area contributed by atoms with E-state index in [4.69, 9.17) is 9.47 Å². The molecule has 168 valence electrons. The zero-order valence-corrected chi connectivity index (χ0v) is 19.6. The molecule has 32 heavy (non-hydrogen) atoms. The third-order valence-corrected chi connectivity index (χ3v) is 7.48. The summed E-state index contributed by atoms with van der Waals surface area (Å²) in [6.07, 6.45) is 6.21. The second-order valence-corrected chi connectivity index (χ2v) is 10.8. The molecule has 2 saturated heterocycles. The average Bonchev–Trinajstić information content (AvgIpc) is 3.42. The van der Waals surface area contributed by atoms with E-state index in [2.05, 4.69) is 38.1 Å². The van der Waals surface area contributed by atoms with Crippen LogP contribution in [0.25, 0.3) is 5.57 Å². The highest BCUT2D eigenvalue weighted by atomic mass is 16.5. The number of rotatable bonds is 3. The Bertz CT molecular complexity index is 1050. The van der Waals surface area contributed by atoms with Gasteiger partial charge in [-0.1, -0.05) is 55.0 Å². The molecule has 0 saturated carbocycles. The van der Waals surface area contributed by atoms with E-state index in [1.54, 1.807) is 0 Å². The lowest BCUT2D eigenvalue weighted by molar-refractivity contribution is -0.149. The first-order valence-corrected chi connectivity index (χ1v) is 11.8. The van der Waals surface area contributed by atoms with E-state index in [1.807, 2.05) is 39.0 Å². The molecule has 0 amide bonds. The van der Waals surface area contributed by atoms with Crippen LogP contribution in [0.1, 0.15) is 53.0 Å². The Balaban J connectivity index is 1.56. The molecule has 4 nitrogen and oxygen atoms in total. The number of carbonyl (C=O) groups is 2. The van der Waals surface area contributed by atoms with Crippen molar-refractivity contribution in [3.63, 3.8) is 0 Å². The van der Waals surface area contributed by atoms with E-state index in [0.717, 1.165) is 18.4 Å². The highest BCUT2D eigenvalue weighted by Crippen LogP contribution is 2.56. The molecule has 0 spiro atoms. The second-order valence-electron chi connectivity index (χ2n) is 10.8. The molecule has 2 aliphatic carbocycles. The van der Waals surface area contributed by atoms with E-state index in [1.165, 1.54) is 11.1 Å². The predicted octanol–water partition coefficient (Wildman–Crippen LogP) is 5.50. The van der Waals surface area contributed by atoms with Gasteiger partial charge in [-0.2, -0.15) is 0 Å². The summed E-state index contributed by atoms with van der Waals surface area (Å²) >= 11 is 0. The van der Waals surface area contributed by atoms with Gasteiger partial charge in [0.1, 0.15) is 5.76 Å². The maximum atomic E-state index is 13.8. The SMILES string of the molecule is CC1=CC(c2ccccc2)=CC(C)C1C1=C(OC(=O)C(C)(C)C)[C@H]2[C@@H](C1=O)[C@@H]1CC[C@H]2O1. The molecule has 1 aromatic rings. The first kappa shape index (κ1) is 21.4. The smallest absolute Gasteiger partial charge is 0.316 e. The van der Waals surface area contributed by atoms with Crippen molar-refractivity contribution in [3.05, 3.63) is 65.0 Å². The molecule has 2 bridgehead atoms. The number of carbonyl (C=O) groups excluding carboxylic acids is 2. The third kappa shape index (κ3) is 3.31. The van der Waals surface area contributed by atoms with Crippen LogP contribution in [0.2, 0.25) is 0 Å².